The van der Waals surface area contributed by atoms with Gasteiger partial charge >= 0.3 is 0 Å². The largest absolute Gasteiger partial charge is 0.461 e. The minimum absolute atomic E-state index is 0.0528. The molecular formula is C17H25N3O5S. The van der Waals surface area contributed by atoms with Crippen LogP contribution in [0.15, 0.2) is 22.8 Å². The summed E-state index contributed by atoms with van der Waals surface area (Å²) in [6, 6.07) is 3.35. The summed E-state index contributed by atoms with van der Waals surface area (Å²) in [5.74, 6) is 0.309. The van der Waals surface area contributed by atoms with Gasteiger partial charge in [0.05, 0.1) is 19.1 Å². The molecule has 1 aromatic rings. The van der Waals surface area contributed by atoms with Crippen LogP contribution in [0.25, 0.3) is 0 Å². The second-order valence-corrected chi connectivity index (χ2v) is 8.92. The molecule has 8 nitrogen and oxygen atoms in total. The molecule has 0 aromatic carbocycles. The van der Waals surface area contributed by atoms with E-state index in [-0.39, 0.29) is 17.6 Å². The molecule has 2 fully saturated rings. The molecule has 2 saturated heterocycles. The number of amides is 1. The molecule has 2 aliphatic heterocycles. The van der Waals surface area contributed by atoms with E-state index in [1.165, 1.54) is 16.8 Å². The maximum atomic E-state index is 12.7. The van der Waals surface area contributed by atoms with Gasteiger partial charge in [0.1, 0.15) is 0 Å². The van der Waals surface area contributed by atoms with Gasteiger partial charge in [-0.1, -0.05) is 0 Å². The lowest BCUT2D eigenvalue weighted by Gasteiger charge is -2.37. The average Bonchev–Trinajstić information content (AvgIpc) is 3.16. The number of piperidine rings is 1. The molecule has 0 unspecified atom stereocenters. The molecule has 2 aliphatic rings. The minimum Gasteiger partial charge on any atom is -0.461 e. The molecule has 0 saturated carbocycles. The second kappa shape index (κ2) is 7.89. The lowest BCUT2D eigenvalue weighted by atomic mass is 9.96. The van der Waals surface area contributed by atoms with E-state index in [0.29, 0.717) is 64.4 Å². The van der Waals surface area contributed by atoms with Gasteiger partial charge in [-0.3, -0.25) is 14.5 Å². The summed E-state index contributed by atoms with van der Waals surface area (Å²) >= 11 is 0. The van der Waals surface area contributed by atoms with Crippen LogP contribution >= 0.6 is 0 Å². The molecule has 0 spiro atoms. The van der Waals surface area contributed by atoms with Crippen molar-refractivity contribution in [1.82, 2.24) is 14.1 Å². The van der Waals surface area contributed by atoms with Crippen molar-refractivity contribution in [3.8, 4) is 0 Å². The van der Waals surface area contributed by atoms with Crippen LogP contribution in [0, 0.1) is 5.92 Å². The van der Waals surface area contributed by atoms with Crippen molar-refractivity contribution in [2.75, 3.05) is 52.1 Å². The molecule has 1 amide bonds. The van der Waals surface area contributed by atoms with E-state index in [4.69, 9.17) is 4.42 Å². The van der Waals surface area contributed by atoms with Crippen molar-refractivity contribution in [2.45, 2.75) is 12.8 Å². The molecule has 3 heterocycles. The zero-order chi connectivity index (χ0) is 18.7. The summed E-state index contributed by atoms with van der Waals surface area (Å²) in [5.41, 5.74) is 0. The van der Waals surface area contributed by atoms with Gasteiger partial charge < -0.3 is 9.32 Å². The van der Waals surface area contributed by atoms with Gasteiger partial charge in [-0.15, -0.1) is 0 Å². The topological polar surface area (TPSA) is 91.1 Å². The fourth-order valence-electron chi connectivity index (χ4n) is 3.54. The lowest BCUT2D eigenvalue weighted by molar-refractivity contribution is -0.138. The summed E-state index contributed by atoms with van der Waals surface area (Å²) in [7, 11) is -3.18. The number of hydrogen-bond acceptors (Lipinski definition) is 6. The van der Waals surface area contributed by atoms with Crippen molar-refractivity contribution in [1.29, 1.82) is 0 Å². The first-order valence-corrected chi connectivity index (χ1v) is 10.7. The van der Waals surface area contributed by atoms with Crippen molar-refractivity contribution in [3.63, 3.8) is 0 Å². The predicted molar refractivity (Wildman–Crippen MR) is 95.2 cm³/mol. The van der Waals surface area contributed by atoms with Gasteiger partial charge in [-0.2, -0.15) is 0 Å². The van der Waals surface area contributed by atoms with E-state index in [1.807, 2.05) is 9.80 Å². The van der Waals surface area contributed by atoms with E-state index in [1.54, 1.807) is 12.1 Å². The van der Waals surface area contributed by atoms with Crippen LogP contribution in [0.3, 0.4) is 0 Å². The van der Waals surface area contributed by atoms with Crippen molar-refractivity contribution in [2.24, 2.45) is 5.92 Å². The smallest absolute Gasteiger partial charge is 0.225 e. The number of Topliss-reactive ketones (excluding diaryl/α,β-unsaturated/α-hetero) is 1. The molecule has 144 valence electrons. The zero-order valence-corrected chi connectivity index (χ0v) is 15.8. The van der Waals surface area contributed by atoms with Gasteiger partial charge in [-0.25, -0.2) is 12.7 Å². The number of rotatable bonds is 5. The average molecular weight is 383 g/mol. The third kappa shape index (κ3) is 4.52. The summed E-state index contributed by atoms with van der Waals surface area (Å²) in [4.78, 5) is 28.6. The van der Waals surface area contributed by atoms with Gasteiger partial charge in [0.25, 0.3) is 0 Å². The Balaban J connectivity index is 1.45. The van der Waals surface area contributed by atoms with Crippen molar-refractivity contribution >= 4 is 21.7 Å². The Hall–Kier alpha value is -1.71. The molecule has 1 aromatic heterocycles. The van der Waals surface area contributed by atoms with E-state index in [0.717, 1.165) is 0 Å². The molecule has 3 rings (SSSR count). The molecule has 9 heteroatoms. The molecule has 0 atom stereocenters. The Morgan fingerprint density at radius 1 is 1.12 bits per heavy atom. The van der Waals surface area contributed by atoms with E-state index >= 15 is 0 Å². The van der Waals surface area contributed by atoms with E-state index < -0.39 is 10.0 Å². The lowest BCUT2D eigenvalue weighted by Crippen LogP contribution is -2.52. The first-order chi connectivity index (χ1) is 12.3. The Morgan fingerprint density at radius 3 is 2.31 bits per heavy atom. The molecular weight excluding hydrogens is 358 g/mol. The van der Waals surface area contributed by atoms with E-state index in [9.17, 15) is 18.0 Å². The first-order valence-electron chi connectivity index (χ1n) is 8.87. The van der Waals surface area contributed by atoms with Crippen LogP contribution < -0.4 is 0 Å². The van der Waals surface area contributed by atoms with Gasteiger partial charge in [0.15, 0.2) is 5.76 Å². The molecule has 0 radical (unpaired) electrons. The first kappa shape index (κ1) is 19.1. The predicted octanol–water partition coefficient (Wildman–Crippen LogP) is 0.278. The number of ketones is 1. The third-order valence-electron chi connectivity index (χ3n) is 5.12. The van der Waals surface area contributed by atoms with Crippen LogP contribution in [0.2, 0.25) is 0 Å². The van der Waals surface area contributed by atoms with Crippen molar-refractivity contribution < 1.29 is 22.4 Å². The highest BCUT2D eigenvalue weighted by Gasteiger charge is 2.32. The van der Waals surface area contributed by atoms with E-state index in [2.05, 4.69) is 0 Å². The Labute approximate surface area is 153 Å². The van der Waals surface area contributed by atoms with Gasteiger partial charge in [-0.05, 0) is 25.0 Å². The number of hydrogen-bond donors (Lipinski definition) is 0. The number of nitrogens with zero attached hydrogens (tertiary/aromatic N) is 3. The maximum Gasteiger partial charge on any atom is 0.225 e. The highest BCUT2D eigenvalue weighted by Crippen LogP contribution is 2.22. The monoisotopic (exact) mass is 383 g/mol. The Bertz CT molecular complexity index is 730. The van der Waals surface area contributed by atoms with Gasteiger partial charge in [0, 0.05) is 45.2 Å². The van der Waals surface area contributed by atoms with Crippen LogP contribution in [0.5, 0.6) is 0 Å². The third-order valence-corrected chi connectivity index (χ3v) is 6.42. The van der Waals surface area contributed by atoms with Crippen LogP contribution in [-0.4, -0.2) is 86.3 Å². The van der Waals surface area contributed by atoms with Crippen LogP contribution in [0.1, 0.15) is 23.4 Å². The number of furan rings is 1. The SMILES string of the molecule is CS(=O)(=O)N1CCC(C(=O)N2CCN(CC(=O)c3ccco3)CC2)CC1. The van der Waals surface area contributed by atoms with Gasteiger partial charge in [0.2, 0.25) is 21.7 Å². The molecule has 0 bridgehead atoms. The number of piperazine rings is 1. The normalized spacial score (nSPS) is 21.0. The highest BCUT2D eigenvalue weighted by atomic mass is 32.2. The quantitative estimate of drug-likeness (QED) is 0.678. The summed E-state index contributed by atoms with van der Waals surface area (Å²) < 4.78 is 29.7. The molecule has 26 heavy (non-hydrogen) atoms. The van der Waals surface area contributed by atoms with Crippen molar-refractivity contribution in [3.05, 3.63) is 24.2 Å². The summed E-state index contributed by atoms with van der Waals surface area (Å²) in [6.07, 6.45) is 3.84. The summed E-state index contributed by atoms with van der Waals surface area (Å²) in [5, 5.41) is 0. The van der Waals surface area contributed by atoms with Crippen LogP contribution in [-0.2, 0) is 14.8 Å². The summed E-state index contributed by atoms with van der Waals surface area (Å²) in [6.45, 7) is 3.61. The maximum absolute atomic E-state index is 12.7. The second-order valence-electron chi connectivity index (χ2n) is 6.94. The Morgan fingerprint density at radius 2 is 1.77 bits per heavy atom. The fraction of sp³-hybridized carbons (Fsp3) is 0.647. The highest BCUT2D eigenvalue weighted by molar-refractivity contribution is 7.88. The molecule has 0 N–H and O–H groups in total. The minimum atomic E-state index is -3.18. The standard InChI is InChI=1S/C17H25N3O5S/c1-26(23,24)20-6-4-14(5-7-20)17(22)19-10-8-18(9-11-19)13-15(21)16-3-2-12-25-16/h2-3,12,14H,4-11,13H2,1H3. The number of carbonyl (C=O) groups is 2. The molecule has 0 aliphatic carbocycles. The number of carbonyl (C=O) groups excluding carboxylic acids is 2. The fourth-order valence-corrected chi connectivity index (χ4v) is 4.41. The Kier molecular flexibility index (Phi) is 5.79. The number of sulfonamides is 1. The zero-order valence-electron chi connectivity index (χ0n) is 15.0. The van der Waals surface area contributed by atoms with Crippen LogP contribution in [0.4, 0.5) is 0 Å².